The van der Waals surface area contributed by atoms with Gasteiger partial charge in [0.2, 0.25) is 5.89 Å². The van der Waals surface area contributed by atoms with E-state index in [-0.39, 0.29) is 0 Å². The minimum atomic E-state index is 0.546. The molecule has 26 heavy (non-hydrogen) atoms. The van der Waals surface area contributed by atoms with Crippen LogP contribution in [0.25, 0.3) is 11.5 Å². The second-order valence-electron chi connectivity index (χ2n) is 6.03. The highest BCUT2D eigenvalue weighted by molar-refractivity contribution is 9.10. The SMILES string of the molecule is CN=C(NCc1coc(-c2ccccc2)n1)N(C)Cc1cc(Br)cn1C. The highest BCUT2D eigenvalue weighted by Crippen LogP contribution is 2.18. The van der Waals surface area contributed by atoms with E-state index in [2.05, 4.69) is 46.8 Å². The van der Waals surface area contributed by atoms with E-state index in [9.17, 15) is 0 Å². The number of aliphatic imine (C=N–C) groups is 1. The Labute approximate surface area is 161 Å². The molecule has 6 nitrogen and oxygen atoms in total. The lowest BCUT2D eigenvalue weighted by atomic mass is 10.2. The van der Waals surface area contributed by atoms with Crippen molar-refractivity contribution in [2.45, 2.75) is 13.1 Å². The van der Waals surface area contributed by atoms with Gasteiger partial charge < -0.3 is 19.2 Å². The van der Waals surface area contributed by atoms with Crippen LogP contribution in [0.1, 0.15) is 11.4 Å². The van der Waals surface area contributed by atoms with E-state index >= 15 is 0 Å². The molecule has 2 aromatic heterocycles. The molecule has 0 spiro atoms. The van der Waals surface area contributed by atoms with Gasteiger partial charge in [-0.05, 0) is 34.1 Å². The highest BCUT2D eigenvalue weighted by atomic mass is 79.9. The molecular weight excluding hydrogens is 394 g/mol. The first kappa shape index (κ1) is 18.3. The lowest BCUT2D eigenvalue weighted by molar-refractivity contribution is 0.461. The third-order valence-electron chi connectivity index (χ3n) is 4.05. The predicted molar refractivity (Wildman–Crippen MR) is 107 cm³/mol. The van der Waals surface area contributed by atoms with Crippen LogP contribution in [0, 0.1) is 0 Å². The number of guanidine groups is 1. The molecule has 0 saturated carbocycles. The first-order chi connectivity index (χ1) is 12.6. The summed E-state index contributed by atoms with van der Waals surface area (Å²) in [4.78, 5) is 11.0. The van der Waals surface area contributed by atoms with E-state index in [0.29, 0.717) is 12.4 Å². The van der Waals surface area contributed by atoms with Gasteiger partial charge in [-0.15, -0.1) is 0 Å². The number of hydrogen-bond acceptors (Lipinski definition) is 3. The lowest BCUT2D eigenvalue weighted by Gasteiger charge is -2.22. The maximum atomic E-state index is 5.58. The Morgan fingerprint density at radius 1 is 1.35 bits per heavy atom. The zero-order valence-corrected chi connectivity index (χ0v) is 16.7. The Hall–Kier alpha value is -2.54. The molecule has 0 radical (unpaired) electrons. The molecule has 0 saturated heterocycles. The van der Waals surface area contributed by atoms with Crippen LogP contribution in [0.4, 0.5) is 0 Å². The normalized spacial score (nSPS) is 11.6. The van der Waals surface area contributed by atoms with E-state index in [0.717, 1.165) is 28.2 Å². The number of aromatic nitrogens is 2. The maximum Gasteiger partial charge on any atom is 0.226 e. The van der Waals surface area contributed by atoms with Gasteiger partial charge in [0.05, 0.1) is 18.8 Å². The Kier molecular flexibility index (Phi) is 5.78. The standard InChI is InChI=1S/C19H22BrN5O/c1-21-19(25(3)12-17-9-15(20)11-24(17)2)22-10-16-13-26-18(23-16)14-7-5-4-6-8-14/h4-9,11,13H,10,12H2,1-3H3,(H,21,22). The second kappa shape index (κ2) is 8.23. The molecule has 3 rings (SSSR count). The topological polar surface area (TPSA) is 58.6 Å². The van der Waals surface area contributed by atoms with Gasteiger partial charge in [-0.2, -0.15) is 0 Å². The molecule has 0 unspecified atom stereocenters. The number of benzene rings is 1. The van der Waals surface area contributed by atoms with E-state index in [1.165, 1.54) is 5.69 Å². The van der Waals surface area contributed by atoms with Crippen LogP contribution in [-0.4, -0.2) is 34.5 Å². The molecule has 2 heterocycles. The molecule has 1 N–H and O–H groups in total. The van der Waals surface area contributed by atoms with Crippen molar-refractivity contribution in [3.63, 3.8) is 0 Å². The summed E-state index contributed by atoms with van der Waals surface area (Å²) < 4.78 is 8.74. The number of halogens is 1. The minimum absolute atomic E-state index is 0.546. The van der Waals surface area contributed by atoms with E-state index in [4.69, 9.17) is 4.42 Å². The molecule has 136 valence electrons. The van der Waals surface area contributed by atoms with Crippen molar-refractivity contribution in [1.82, 2.24) is 19.8 Å². The van der Waals surface area contributed by atoms with Gasteiger partial charge in [0.1, 0.15) is 6.26 Å². The van der Waals surface area contributed by atoms with E-state index in [1.54, 1.807) is 13.3 Å². The van der Waals surface area contributed by atoms with Crippen molar-refractivity contribution in [2.24, 2.45) is 12.0 Å². The van der Waals surface area contributed by atoms with Gasteiger partial charge >= 0.3 is 0 Å². The molecule has 7 heteroatoms. The summed E-state index contributed by atoms with van der Waals surface area (Å²) in [5.41, 5.74) is 2.99. The quantitative estimate of drug-likeness (QED) is 0.510. The Bertz CT molecular complexity index is 884. The van der Waals surface area contributed by atoms with Crippen molar-refractivity contribution in [1.29, 1.82) is 0 Å². The van der Waals surface area contributed by atoms with Gasteiger partial charge in [0.25, 0.3) is 0 Å². The van der Waals surface area contributed by atoms with Crippen LogP contribution in [-0.2, 0) is 20.1 Å². The molecular formula is C19H22BrN5O. The fraction of sp³-hybridized carbons (Fsp3) is 0.263. The average Bonchev–Trinajstić information content (AvgIpc) is 3.23. The number of nitrogens with zero attached hydrogens (tertiary/aromatic N) is 4. The number of rotatable bonds is 5. The third-order valence-corrected chi connectivity index (χ3v) is 4.48. The number of aryl methyl sites for hydroxylation is 1. The molecule has 0 fully saturated rings. The summed E-state index contributed by atoms with van der Waals surface area (Å²) in [6.45, 7) is 1.29. The molecule has 0 aliphatic rings. The van der Waals surface area contributed by atoms with Crippen LogP contribution in [0.15, 0.2) is 62.7 Å². The Balaban J connectivity index is 1.61. The monoisotopic (exact) mass is 415 g/mol. The number of hydrogen-bond donors (Lipinski definition) is 1. The maximum absolute atomic E-state index is 5.58. The van der Waals surface area contributed by atoms with Crippen molar-refractivity contribution in [3.8, 4) is 11.5 Å². The Morgan fingerprint density at radius 2 is 2.12 bits per heavy atom. The lowest BCUT2D eigenvalue weighted by Crippen LogP contribution is -2.38. The Morgan fingerprint density at radius 3 is 2.77 bits per heavy atom. The molecule has 3 aromatic rings. The van der Waals surface area contributed by atoms with Crippen LogP contribution < -0.4 is 5.32 Å². The van der Waals surface area contributed by atoms with Crippen LogP contribution in [0.3, 0.4) is 0 Å². The van der Waals surface area contributed by atoms with Gasteiger partial charge in [0, 0.05) is 43.1 Å². The van der Waals surface area contributed by atoms with Gasteiger partial charge in [0.15, 0.2) is 5.96 Å². The van der Waals surface area contributed by atoms with Crippen molar-refractivity contribution >= 4 is 21.9 Å². The predicted octanol–water partition coefficient (Wildman–Crippen LogP) is 3.65. The number of nitrogens with one attached hydrogen (secondary N) is 1. The summed E-state index contributed by atoms with van der Waals surface area (Å²) in [5, 5.41) is 3.33. The number of oxazole rings is 1. The van der Waals surface area contributed by atoms with E-state index in [1.807, 2.05) is 50.6 Å². The molecule has 1 aromatic carbocycles. The zero-order chi connectivity index (χ0) is 18.5. The average molecular weight is 416 g/mol. The van der Waals surface area contributed by atoms with Gasteiger partial charge in [-0.1, -0.05) is 18.2 Å². The fourth-order valence-electron chi connectivity index (χ4n) is 2.70. The zero-order valence-electron chi connectivity index (χ0n) is 15.1. The fourth-order valence-corrected chi connectivity index (χ4v) is 3.27. The van der Waals surface area contributed by atoms with E-state index < -0.39 is 0 Å². The van der Waals surface area contributed by atoms with Crippen molar-refractivity contribution in [2.75, 3.05) is 14.1 Å². The minimum Gasteiger partial charge on any atom is -0.444 e. The van der Waals surface area contributed by atoms with Gasteiger partial charge in [-0.3, -0.25) is 4.99 Å². The van der Waals surface area contributed by atoms with Crippen LogP contribution in [0.5, 0.6) is 0 Å². The van der Waals surface area contributed by atoms with Crippen LogP contribution in [0.2, 0.25) is 0 Å². The third kappa shape index (κ3) is 4.35. The first-order valence-corrected chi connectivity index (χ1v) is 9.08. The summed E-state index contributed by atoms with van der Waals surface area (Å²) in [5.74, 6) is 1.42. The largest absolute Gasteiger partial charge is 0.444 e. The van der Waals surface area contributed by atoms with Crippen molar-refractivity contribution < 1.29 is 4.42 Å². The highest BCUT2D eigenvalue weighted by Gasteiger charge is 2.11. The summed E-state index contributed by atoms with van der Waals surface area (Å²) in [6, 6.07) is 12.0. The summed E-state index contributed by atoms with van der Waals surface area (Å²) in [6.07, 6.45) is 3.72. The smallest absolute Gasteiger partial charge is 0.226 e. The molecule has 0 aliphatic heterocycles. The summed E-state index contributed by atoms with van der Waals surface area (Å²) in [7, 11) is 5.82. The second-order valence-corrected chi connectivity index (χ2v) is 6.94. The molecule has 0 aliphatic carbocycles. The summed E-state index contributed by atoms with van der Waals surface area (Å²) >= 11 is 3.51. The molecule has 0 atom stereocenters. The molecule has 0 bridgehead atoms. The van der Waals surface area contributed by atoms with Crippen molar-refractivity contribution in [3.05, 3.63) is 64.7 Å². The van der Waals surface area contributed by atoms with Crippen LogP contribution >= 0.6 is 15.9 Å². The molecule has 0 amide bonds. The van der Waals surface area contributed by atoms with Gasteiger partial charge in [-0.25, -0.2) is 4.98 Å². The first-order valence-electron chi connectivity index (χ1n) is 8.29.